The molecule has 0 bridgehead atoms. The van der Waals surface area contributed by atoms with Crippen molar-refractivity contribution in [2.75, 3.05) is 6.54 Å². The number of carbonyl (C=O) groups excluding carboxylic acids is 2. The van der Waals surface area contributed by atoms with Crippen LogP contribution in [0.25, 0.3) is 0 Å². The molecule has 2 aromatic carbocycles. The number of benzene rings is 2. The van der Waals surface area contributed by atoms with Crippen LogP contribution in [0.1, 0.15) is 33.0 Å². The van der Waals surface area contributed by atoms with E-state index in [-0.39, 0.29) is 11.8 Å². The summed E-state index contributed by atoms with van der Waals surface area (Å²) in [4.78, 5) is 25.3. The van der Waals surface area contributed by atoms with Crippen LogP contribution in [0.4, 0.5) is 0 Å². The largest absolute Gasteiger partial charge is 0.334 e. The van der Waals surface area contributed by atoms with Crippen LogP contribution in [0.3, 0.4) is 0 Å². The second-order valence-corrected chi connectivity index (χ2v) is 6.48. The molecule has 116 valence electrons. The maximum Gasteiger partial charge on any atom is 0.246 e. The number of amides is 1. The highest BCUT2D eigenvalue weighted by Gasteiger charge is 2.29. The molecule has 0 saturated carbocycles. The van der Waals surface area contributed by atoms with Crippen LogP contribution in [0.5, 0.6) is 0 Å². The van der Waals surface area contributed by atoms with Gasteiger partial charge in [0.05, 0.1) is 0 Å². The number of nitrogens with zero attached hydrogens (tertiary/aromatic N) is 1. The van der Waals surface area contributed by atoms with Crippen molar-refractivity contribution in [2.24, 2.45) is 0 Å². The third-order valence-electron chi connectivity index (χ3n) is 4.23. The number of halogens is 1. The number of rotatable bonds is 3. The van der Waals surface area contributed by atoms with E-state index in [2.05, 4.69) is 28.6 Å². The summed E-state index contributed by atoms with van der Waals surface area (Å²) in [5.74, 6) is -0.110. The fraction of sp³-hybridized carbons (Fsp3) is 0.158. The molecule has 1 aliphatic rings. The van der Waals surface area contributed by atoms with Crippen molar-refractivity contribution < 1.29 is 9.59 Å². The Kier molecular flexibility index (Phi) is 4.44. The van der Waals surface area contributed by atoms with Gasteiger partial charge in [0.2, 0.25) is 5.91 Å². The minimum Gasteiger partial charge on any atom is -0.334 e. The Morgan fingerprint density at radius 1 is 1.22 bits per heavy atom. The molecule has 0 unspecified atom stereocenters. The fourth-order valence-electron chi connectivity index (χ4n) is 3.14. The lowest BCUT2D eigenvalue weighted by Crippen LogP contribution is -2.37. The zero-order valence-electron chi connectivity index (χ0n) is 12.5. The second-order valence-electron chi connectivity index (χ2n) is 5.57. The Hall–Kier alpha value is -2.20. The summed E-state index contributed by atoms with van der Waals surface area (Å²) >= 11 is 3.49. The number of carbonyl (C=O) groups is 2. The van der Waals surface area contributed by atoms with E-state index in [0.717, 1.165) is 27.4 Å². The normalized spacial score (nSPS) is 16.6. The summed E-state index contributed by atoms with van der Waals surface area (Å²) < 4.78 is 0.978. The first-order valence-electron chi connectivity index (χ1n) is 7.38. The lowest BCUT2D eigenvalue weighted by Gasteiger charge is -2.35. The molecule has 1 heterocycles. The van der Waals surface area contributed by atoms with Crippen molar-refractivity contribution in [1.29, 1.82) is 0 Å². The zero-order valence-corrected chi connectivity index (χ0v) is 14.1. The van der Waals surface area contributed by atoms with Gasteiger partial charge in [-0.2, -0.15) is 0 Å². The summed E-state index contributed by atoms with van der Waals surface area (Å²) in [5.41, 5.74) is 3.87. The molecule has 3 rings (SSSR count). The molecular weight excluding hydrogens is 354 g/mol. The van der Waals surface area contributed by atoms with E-state index in [1.807, 2.05) is 36.4 Å². The molecule has 1 atom stereocenters. The van der Waals surface area contributed by atoms with E-state index in [0.29, 0.717) is 18.7 Å². The average molecular weight is 370 g/mol. The summed E-state index contributed by atoms with van der Waals surface area (Å²) in [6.07, 6.45) is 2.22. The lowest BCUT2D eigenvalue weighted by molar-refractivity contribution is -0.127. The predicted molar refractivity (Wildman–Crippen MR) is 93.4 cm³/mol. The maximum absolute atomic E-state index is 12.1. The Balaban J connectivity index is 2.13. The quantitative estimate of drug-likeness (QED) is 0.607. The average Bonchev–Trinajstić information content (AvgIpc) is 2.59. The molecule has 0 aliphatic carbocycles. The third-order valence-corrected chi connectivity index (χ3v) is 4.72. The molecule has 0 spiro atoms. The van der Waals surface area contributed by atoms with Gasteiger partial charge in [-0.05, 0) is 34.9 Å². The van der Waals surface area contributed by atoms with Gasteiger partial charge >= 0.3 is 0 Å². The highest BCUT2D eigenvalue weighted by Crippen LogP contribution is 2.36. The topological polar surface area (TPSA) is 37.4 Å². The molecule has 2 aromatic rings. The van der Waals surface area contributed by atoms with E-state index in [4.69, 9.17) is 0 Å². The van der Waals surface area contributed by atoms with Crippen molar-refractivity contribution in [2.45, 2.75) is 12.5 Å². The standard InChI is InChI=1S/C19H16BrNO2/c1-2-19(23)21-10-14-9-15(20)7-8-17(14)18(11-21)16-6-4-3-5-13(16)12-22/h2-9,12,18H,1,10-11H2/t18-/m0/s1. The highest BCUT2D eigenvalue weighted by molar-refractivity contribution is 9.10. The van der Waals surface area contributed by atoms with Gasteiger partial charge in [0, 0.05) is 29.0 Å². The number of fused-ring (bicyclic) bond motifs is 1. The first-order valence-corrected chi connectivity index (χ1v) is 8.17. The molecule has 0 saturated heterocycles. The van der Waals surface area contributed by atoms with Crippen molar-refractivity contribution >= 4 is 28.1 Å². The monoisotopic (exact) mass is 369 g/mol. The van der Waals surface area contributed by atoms with Crippen molar-refractivity contribution in [3.05, 3.63) is 81.8 Å². The number of aldehydes is 1. The summed E-state index contributed by atoms with van der Waals surface area (Å²) in [6, 6.07) is 13.7. The molecular formula is C19H16BrNO2. The molecule has 0 radical (unpaired) electrons. The predicted octanol–water partition coefficient (Wildman–Crippen LogP) is 3.92. The van der Waals surface area contributed by atoms with Crippen LogP contribution >= 0.6 is 15.9 Å². The van der Waals surface area contributed by atoms with Gasteiger partial charge in [0.1, 0.15) is 6.29 Å². The van der Waals surface area contributed by atoms with E-state index in [9.17, 15) is 9.59 Å². The molecule has 0 aromatic heterocycles. The van der Waals surface area contributed by atoms with Crippen LogP contribution in [0.15, 0.2) is 59.6 Å². The molecule has 4 heteroatoms. The molecule has 1 aliphatic heterocycles. The van der Waals surface area contributed by atoms with Crippen LogP contribution in [0, 0.1) is 0 Å². The van der Waals surface area contributed by atoms with Gasteiger partial charge in [0.25, 0.3) is 0 Å². The Bertz CT molecular complexity index is 785. The number of hydrogen-bond donors (Lipinski definition) is 0. The van der Waals surface area contributed by atoms with Crippen molar-refractivity contribution in [3.8, 4) is 0 Å². The number of hydrogen-bond acceptors (Lipinski definition) is 2. The van der Waals surface area contributed by atoms with Gasteiger partial charge in [-0.15, -0.1) is 0 Å². The first-order chi connectivity index (χ1) is 11.1. The molecule has 3 nitrogen and oxygen atoms in total. The maximum atomic E-state index is 12.1. The van der Waals surface area contributed by atoms with Crippen LogP contribution in [-0.4, -0.2) is 23.6 Å². The summed E-state index contributed by atoms with van der Waals surface area (Å²) in [6.45, 7) is 4.69. The Morgan fingerprint density at radius 3 is 2.74 bits per heavy atom. The smallest absolute Gasteiger partial charge is 0.246 e. The SMILES string of the molecule is C=CC(=O)N1Cc2cc(Br)ccc2[C@H](c2ccccc2C=O)C1. The fourth-order valence-corrected chi connectivity index (χ4v) is 3.55. The van der Waals surface area contributed by atoms with Gasteiger partial charge in [-0.1, -0.05) is 52.8 Å². The molecule has 1 amide bonds. The van der Waals surface area contributed by atoms with Crippen LogP contribution in [-0.2, 0) is 11.3 Å². The minimum absolute atomic E-state index is 0.0165. The zero-order chi connectivity index (χ0) is 16.4. The van der Waals surface area contributed by atoms with Gasteiger partial charge in [0.15, 0.2) is 0 Å². The summed E-state index contributed by atoms with van der Waals surface area (Å²) in [5, 5.41) is 0. The van der Waals surface area contributed by atoms with Crippen LogP contribution in [0.2, 0.25) is 0 Å². The van der Waals surface area contributed by atoms with Gasteiger partial charge < -0.3 is 4.90 Å². The van der Waals surface area contributed by atoms with Crippen molar-refractivity contribution in [1.82, 2.24) is 4.90 Å². The molecule has 23 heavy (non-hydrogen) atoms. The second kappa shape index (κ2) is 6.50. The van der Waals surface area contributed by atoms with E-state index >= 15 is 0 Å². The molecule has 0 N–H and O–H groups in total. The van der Waals surface area contributed by atoms with Gasteiger partial charge in [-0.3, -0.25) is 9.59 Å². The first kappa shape index (κ1) is 15.7. The van der Waals surface area contributed by atoms with Crippen LogP contribution < -0.4 is 0 Å². The van der Waals surface area contributed by atoms with E-state index < -0.39 is 0 Å². The lowest BCUT2D eigenvalue weighted by atomic mass is 9.83. The molecule has 0 fully saturated rings. The summed E-state index contributed by atoms with van der Waals surface area (Å²) in [7, 11) is 0. The Labute approximate surface area is 143 Å². The van der Waals surface area contributed by atoms with Gasteiger partial charge in [-0.25, -0.2) is 0 Å². The Morgan fingerprint density at radius 2 is 2.00 bits per heavy atom. The van der Waals surface area contributed by atoms with E-state index in [1.54, 1.807) is 4.90 Å². The minimum atomic E-state index is -0.0933. The van der Waals surface area contributed by atoms with Crippen molar-refractivity contribution in [3.63, 3.8) is 0 Å². The highest BCUT2D eigenvalue weighted by atomic mass is 79.9. The third kappa shape index (κ3) is 2.99. The van der Waals surface area contributed by atoms with E-state index in [1.165, 1.54) is 6.08 Å².